The molecule has 144 valence electrons. The van der Waals surface area contributed by atoms with Crippen molar-refractivity contribution in [1.82, 2.24) is 14.9 Å². The summed E-state index contributed by atoms with van der Waals surface area (Å²) in [6, 6.07) is 29.0. The standard InChI is InChI=1S/C23H21N5S/c1-2-22-25-26-23(29)28(22)24-17-18-13-15-21(16-14-18)27(19-9-5-3-6-10-19)20-11-7-4-8-12-20/h3-17H,2H2,1H3,(H,26,29)/b24-17-. The zero-order valence-electron chi connectivity index (χ0n) is 16.1. The van der Waals surface area contributed by atoms with Gasteiger partial charge < -0.3 is 4.90 Å². The van der Waals surface area contributed by atoms with E-state index in [9.17, 15) is 0 Å². The highest BCUT2D eigenvalue weighted by atomic mass is 32.1. The zero-order chi connectivity index (χ0) is 20.1. The number of aromatic amines is 1. The lowest BCUT2D eigenvalue weighted by Crippen LogP contribution is -2.09. The molecule has 1 N–H and O–H groups in total. The number of nitrogens with one attached hydrogen (secondary N) is 1. The average Bonchev–Trinajstić information content (AvgIpc) is 3.14. The molecule has 1 aromatic heterocycles. The highest BCUT2D eigenvalue weighted by molar-refractivity contribution is 7.71. The van der Waals surface area contributed by atoms with Crippen LogP contribution in [0, 0.1) is 4.77 Å². The van der Waals surface area contributed by atoms with Crippen LogP contribution in [0.2, 0.25) is 0 Å². The van der Waals surface area contributed by atoms with Gasteiger partial charge in [0, 0.05) is 23.5 Å². The van der Waals surface area contributed by atoms with E-state index in [1.807, 2.05) is 55.5 Å². The Hall–Kier alpha value is -3.51. The fraction of sp³-hybridized carbons (Fsp3) is 0.0870. The van der Waals surface area contributed by atoms with E-state index in [0.29, 0.717) is 4.77 Å². The molecule has 0 spiro atoms. The average molecular weight is 400 g/mol. The van der Waals surface area contributed by atoms with Crippen LogP contribution in [0.3, 0.4) is 0 Å². The van der Waals surface area contributed by atoms with Crippen LogP contribution in [0.5, 0.6) is 0 Å². The minimum Gasteiger partial charge on any atom is -0.311 e. The van der Waals surface area contributed by atoms with Gasteiger partial charge >= 0.3 is 0 Å². The number of H-pyrrole nitrogens is 1. The molecule has 4 rings (SSSR count). The third kappa shape index (κ3) is 4.17. The van der Waals surface area contributed by atoms with Crippen molar-refractivity contribution >= 4 is 35.5 Å². The van der Waals surface area contributed by atoms with Gasteiger partial charge in [0.2, 0.25) is 4.77 Å². The first-order valence-electron chi connectivity index (χ1n) is 9.47. The van der Waals surface area contributed by atoms with Crippen molar-refractivity contribution in [2.24, 2.45) is 5.10 Å². The van der Waals surface area contributed by atoms with Gasteiger partial charge in [0.25, 0.3) is 0 Å². The molecule has 6 heteroatoms. The molecule has 4 aromatic rings. The first-order chi connectivity index (χ1) is 14.3. The maximum Gasteiger partial charge on any atom is 0.216 e. The van der Waals surface area contributed by atoms with Gasteiger partial charge in [-0.1, -0.05) is 55.5 Å². The van der Waals surface area contributed by atoms with Gasteiger partial charge in [0.15, 0.2) is 5.82 Å². The van der Waals surface area contributed by atoms with Crippen molar-refractivity contribution < 1.29 is 0 Å². The van der Waals surface area contributed by atoms with E-state index in [0.717, 1.165) is 34.9 Å². The normalized spacial score (nSPS) is 11.1. The Balaban J connectivity index is 1.65. The molecule has 3 aromatic carbocycles. The summed E-state index contributed by atoms with van der Waals surface area (Å²) >= 11 is 5.24. The van der Waals surface area contributed by atoms with Crippen LogP contribution in [-0.4, -0.2) is 21.1 Å². The van der Waals surface area contributed by atoms with Crippen molar-refractivity contribution in [3.63, 3.8) is 0 Å². The van der Waals surface area contributed by atoms with Crippen molar-refractivity contribution in [3.05, 3.63) is 101 Å². The lowest BCUT2D eigenvalue weighted by atomic mass is 10.1. The van der Waals surface area contributed by atoms with Crippen LogP contribution in [-0.2, 0) is 6.42 Å². The molecule has 0 bridgehead atoms. The van der Waals surface area contributed by atoms with Crippen molar-refractivity contribution in [2.75, 3.05) is 4.90 Å². The van der Waals surface area contributed by atoms with Crippen LogP contribution >= 0.6 is 12.2 Å². The molecule has 5 nitrogen and oxygen atoms in total. The Kier molecular flexibility index (Phi) is 5.63. The summed E-state index contributed by atoms with van der Waals surface area (Å²) in [5.74, 6) is 0.808. The van der Waals surface area contributed by atoms with Gasteiger partial charge in [-0.25, -0.2) is 0 Å². The summed E-state index contributed by atoms with van der Waals surface area (Å²) in [5, 5.41) is 11.4. The van der Waals surface area contributed by atoms with E-state index in [-0.39, 0.29) is 0 Å². The summed E-state index contributed by atoms with van der Waals surface area (Å²) in [5.41, 5.74) is 4.28. The number of hydrogen-bond acceptors (Lipinski definition) is 4. The molecular weight excluding hydrogens is 378 g/mol. The number of aryl methyl sites for hydroxylation is 1. The third-order valence-corrected chi connectivity index (χ3v) is 4.80. The zero-order valence-corrected chi connectivity index (χ0v) is 16.9. The van der Waals surface area contributed by atoms with E-state index >= 15 is 0 Å². The fourth-order valence-electron chi connectivity index (χ4n) is 3.11. The molecule has 0 unspecified atom stereocenters. The number of benzene rings is 3. The van der Waals surface area contributed by atoms with Crippen molar-refractivity contribution in [3.8, 4) is 0 Å². The van der Waals surface area contributed by atoms with Crippen molar-refractivity contribution in [2.45, 2.75) is 13.3 Å². The molecule has 0 amide bonds. The van der Waals surface area contributed by atoms with Gasteiger partial charge in [-0.3, -0.25) is 5.10 Å². The molecule has 0 radical (unpaired) electrons. The Morgan fingerprint density at radius 3 is 2.00 bits per heavy atom. The molecule has 0 saturated carbocycles. The predicted octanol–water partition coefficient (Wildman–Crippen LogP) is 5.86. The molecule has 0 aliphatic heterocycles. The summed E-state index contributed by atoms with van der Waals surface area (Å²) in [6.07, 6.45) is 2.55. The minimum absolute atomic E-state index is 0.494. The van der Waals surface area contributed by atoms with E-state index in [1.54, 1.807) is 10.9 Å². The van der Waals surface area contributed by atoms with Crippen LogP contribution < -0.4 is 4.90 Å². The van der Waals surface area contributed by atoms with Gasteiger partial charge in [0.05, 0.1) is 6.21 Å². The highest BCUT2D eigenvalue weighted by Gasteiger charge is 2.11. The first kappa shape index (κ1) is 18.8. The van der Waals surface area contributed by atoms with Gasteiger partial charge in [-0.05, 0) is 54.2 Å². The number of anilines is 3. The summed E-state index contributed by atoms with van der Waals surface area (Å²) in [4.78, 5) is 2.22. The second-order valence-corrected chi connectivity index (χ2v) is 6.84. The quantitative estimate of drug-likeness (QED) is 0.327. The smallest absolute Gasteiger partial charge is 0.216 e. The van der Waals surface area contributed by atoms with E-state index in [1.165, 1.54) is 0 Å². The Morgan fingerprint density at radius 1 is 0.897 bits per heavy atom. The van der Waals surface area contributed by atoms with E-state index in [2.05, 4.69) is 56.6 Å². The summed E-state index contributed by atoms with van der Waals surface area (Å²) < 4.78 is 2.15. The Morgan fingerprint density at radius 2 is 1.45 bits per heavy atom. The van der Waals surface area contributed by atoms with Crippen LogP contribution in [0.4, 0.5) is 17.1 Å². The molecular formula is C23H21N5S. The number of para-hydroxylation sites is 2. The predicted molar refractivity (Wildman–Crippen MR) is 121 cm³/mol. The molecule has 29 heavy (non-hydrogen) atoms. The monoisotopic (exact) mass is 399 g/mol. The number of nitrogens with zero attached hydrogens (tertiary/aromatic N) is 4. The maximum absolute atomic E-state index is 5.24. The van der Waals surface area contributed by atoms with Crippen molar-refractivity contribution in [1.29, 1.82) is 0 Å². The molecule has 0 aliphatic rings. The third-order valence-electron chi connectivity index (χ3n) is 4.54. The van der Waals surface area contributed by atoms with E-state index < -0.39 is 0 Å². The molecule has 0 atom stereocenters. The first-order valence-corrected chi connectivity index (χ1v) is 9.88. The van der Waals surface area contributed by atoms with E-state index in [4.69, 9.17) is 12.2 Å². The Bertz CT molecular complexity index is 1110. The number of hydrogen-bond donors (Lipinski definition) is 1. The topological polar surface area (TPSA) is 49.2 Å². The lowest BCUT2D eigenvalue weighted by Gasteiger charge is -2.25. The minimum atomic E-state index is 0.494. The van der Waals surface area contributed by atoms with Gasteiger partial charge in [0.1, 0.15) is 0 Å². The lowest BCUT2D eigenvalue weighted by molar-refractivity contribution is 0.780. The molecule has 0 aliphatic carbocycles. The molecule has 0 fully saturated rings. The summed E-state index contributed by atoms with van der Waals surface area (Å²) in [7, 11) is 0. The maximum atomic E-state index is 5.24. The van der Waals surface area contributed by atoms with Gasteiger partial charge in [-0.2, -0.15) is 14.9 Å². The SMILES string of the molecule is CCc1n[nH]c(=S)n1/N=C\c1ccc(N(c2ccccc2)c2ccccc2)cc1. The van der Waals surface area contributed by atoms with Crippen LogP contribution in [0.25, 0.3) is 0 Å². The largest absolute Gasteiger partial charge is 0.311 e. The highest BCUT2D eigenvalue weighted by Crippen LogP contribution is 2.33. The second-order valence-electron chi connectivity index (χ2n) is 6.45. The number of aromatic nitrogens is 3. The number of rotatable bonds is 6. The molecule has 0 saturated heterocycles. The summed E-state index contributed by atoms with van der Waals surface area (Å²) in [6.45, 7) is 2.02. The Labute approximate surface area is 175 Å². The van der Waals surface area contributed by atoms with Crippen LogP contribution in [0.1, 0.15) is 18.3 Å². The van der Waals surface area contributed by atoms with Gasteiger partial charge in [-0.15, -0.1) is 0 Å². The molecule has 1 heterocycles. The van der Waals surface area contributed by atoms with Crippen LogP contribution in [0.15, 0.2) is 90.0 Å². The fourth-order valence-corrected chi connectivity index (χ4v) is 3.31. The second kappa shape index (κ2) is 8.67.